The van der Waals surface area contributed by atoms with E-state index in [1.54, 1.807) is 14.2 Å². The van der Waals surface area contributed by atoms with Gasteiger partial charge in [-0.1, -0.05) is 18.2 Å². The zero-order valence-electron chi connectivity index (χ0n) is 18.7. The molecule has 0 aliphatic carbocycles. The van der Waals surface area contributed by atoms with Gasteiger partial charge in [0.05, 0.1) is 28.8 Å². The predicted molar refractivity (Wildman–Crippen MR) is 124 cm³/mol. The van der Waals surface area contributed by atoms with Gasteiger partial charge >= 0.3 is 0 Å². The van der Waals surface area contributed by atoms with Crippen LogP contribution in [0, 0.1) is 20.8 Å². The minimum Gasteiger partial charge on any atom is -0.480 e. The van der Waals surface area contributed by atoms with E-state index < -0.39 is 0 Å². The third-order valence-corrected chi connectivity index (χ3v) is 6.53. The molecule has 0 aliphatic heterocycles. The van der Waals surface area contributed by atoms with Gasteiger partial charge in [0, 0.05) is 24.9 Å². The Labute approximate surface area is 190 Å². The number of thiophene rings is 1. The number of rotatable bonds is 7. The van der Waals surface area contributed by atoms with Crippen LogP contribution in [0.15, 0.2) is 30.3 Å². The standard InChI is InChI=1S/C23H25N5O3S/c1-13-19-22(31-5)25-18(12-30-4)26-23(19)32-20(13)21(29)24-11-17-14(2)27-28(15(17)3)16-9-7-6-8-10-16/h6-10H,11-12H2,1-5H3,(H,24,29). The van der Waals surface area contributed by atoms with Gasteiger partial charge in [0.25, 0.3) is 5.91 Å². The second-order valence-electron chi connectivity index (χ2n) is 7.40. The number of ether oxygens (including phenoxy) is 2. The first-order chi connectivity index (χ1) is 15.4. The zero-order valence-corrected chi connectivity index (χ0v) is 19.5. The molecule has 32 heavy (non-hydrogen) atoms. The molecule has 4 aromatic rings. The van der Waals surface area contributed by atoms with Gasteiger partial charge in [0.15, 0.2) is 5.82 Å². The van der Waals surface area contributed by atoms with Crippen molar-refractivity contribution in [1.82, 2.24) is 25.1 Å². The van der Waals surface area contributed by atoms with Crippen LogP contribution in [0.25, 0.3) is 15.9 Å². The fourth-order valence-corrected chi connectivity index (χ4v) is 4.81. The number of carbonyl (C=O) groups is 1. The first-order valence-electron chi connectivity index (χ1n) is 10.2. The number of nitrogens with one attached hydrogen (secondary N) is 1. The largest absolute Gasteiger partial charge is 0.480 e. The van der Waals surface area contributed by atoms with E-state index in [2.05, 4.69) is 20.4 Å². The van der Waals surface area contributed by atoms with Crippen LogP contribution in [0.1, 0.15) is 38.0 Å². The summed E-state index contributed by atoms with van der Waals surface area (Å²) in [6.07, 6.45) is 0. The van der Waals surface area contributed by atoms with Gasteiger partial charge in [-0.2, -0.15) is 10.1 Å². The van der Waals surface area contributed by atoms with E-state index in [1.165, 1.54) is 11.3 Å². The summed E-state index contributed by atoms with van der Waals surface area (Å²) in [5.41, 5.74) is 4.68. The Morgan fingerprint density at radius 2 is 1.88 bits per heavy atom. The number of hydrogen-bond acceptors (Lipinski definition) is 7. The van der Waals surface area contributed by atoms with Crippen LogP contribution in [0.4, 0.5) is 0 Å². The van der Waals surface area contributed by atoms with E-state index in [1.807, 2.05) is 55.8 Å². The maximum Gasteiger partial charge on any atom is 0.261 e. The molecule has 1 aromatic carbocycles. The highest BCUT2D eigenvalue weighted by Gasteiger charge is 2.22. The maximum absolute atomic E-state index is 13.1. The van der Waals surface area contributed by atoms with Gasteiger partial charge in [0.2, 0.25) is 5.88 Å². The zero-order chi connectivity index (χ0) is 22.8. The van der Waals surface area contributed by atoms with Gasteiger partial charge in [-0.25, -0.2) is 9.67 Å². The fraction of sp³-hybridized carbons (Fsp3) is 0.304. The first kappa shape index (κ1) is 21.9. The fourth-order valence-electron chi connectivity index (χ4n) is 3.70. The van der Waals surface area contributed by atoms with Crippen molar-refractivity contribution in [1.29, 1.82) is 0 Å². The topological polar surface area (TPSA) is 91.2 Å². The van der Waals surface area contributed by atoms with Crippen molar-refractivity contribution in [2.45, 2.75) is 33.9 Å². The van der Waals surface area contributed by atoms with E-state index in [0.717, 1.165) is 33.6 Å². The Balaban J connectivity index is 1.60. The average molecular weight is 452 g/mol. The van der Waals surface area contributed by atoms with Crippen LogP contribution in [0.2, 0.25) is 0 Å². The molecule has 3 heterocycles. The lowest BCUT2D eigenvalue weighted by molar-refractivity contribution is 0.0954. The smallest absolute Gasteiger partial charge is 0.261 e. The van der Waals surface area contributed by atoms with Crippen LogP contribution in [-0.4, -0.2) is 39.9 Å². The lowest BCUT2D eigenvalue weighted by atomic mass is 10.1. The number of aromatic nitrogens is 4. The highest BCUT2D eigenvalue weighted by atomic mass is 32.1. The molecule has 0 aliphatic rings. The Kier molecular flexibility index (Phi) is 6.20. The third-order valence-electron chi connectivity index (χ3n) is 5.34. The Bertz CT molecular complexity index is 1280. The molecule has 0 fully saturated rings. The molecule has 4 rings (SSSR count). The van der Waals surface area contributed by atoms with Gasteiger partial charge in [0.1, 0.15) is 11.4 Å². The quantitative estimate of drug-likeness (QED) is 0.458. The summed E-state index contributed by atoms with van der Waals surface area (Å²) in [5, 5.41) is 8.46. The average Bonchev–Trinajstić information content (AvgIpc) is 3.28. The molecule has 0 saturated heterocycles. The van der Waals surface area contributed by atoms with Crippen molar-refractivity contribution in [3.8, 4) is 11.6 Å². The lowest BCUT2D eigenvalue weighted by Crippen LogP contribution is -2.23. The van der Waals surface area contributed by atoms with Crippen LogP contribution in [0.3, 0.4) is 0 Å². The molecule has 0 atom stereocenters. The van der Waals surface area contributed by atoms with Crippen molar-refractivity contribution in [3.05, 3.63) is 63.5 Å². The normalized spacial score (nSPS) is 11.2. The number of aryl methyl sites for hydroxylation is 2. The second kappa shape index (κ2) is 9.05. The Morgan fingerprint density at radius 3 is 2.56 bits per heavy atom. The molecular formula is C23H25N5O3S. The molecule has 1 N–H and O–H groups in total. The monoisotopic (exact) mass is 451 g/mol. The number of nitrogens with zero attached hydrogens (tertiary/aromatic N) is 4. The number of para-hydroxylation sites is 1. The molecule has 9 heteroatoms. The molecule has 8 nitrogen and oxygen atoms in total. The molecule has 0 bridgehead atoms. The van der Waals surface area contributed by atoms with Crippen LogP contribution in [0.5, 0.6) is 5.88 Å². The van der Waals surface area contributed by atoms with E-state index in [-0.39, 0.29) is 12.5 Å². The van der Waals surface area contributed by atoms with Gasteiger partial charge < -0.3 is 14.8 Å². The summed E-state index contributed by atoms with van der Waals surface area (Å²) < 4.78 is 12.5. The second-order valence-corrected chi connectivity index (χ2v) is 8.40. The van der Waals surface area contributed by atoms with Gasteiger partial charge in [-0.15, -0.1) is 11.3 Å². The molecule has 0 saturated carbocycles. The predicted octanol–water partition coefficient (Wildman–Crippen LogP) is 3.89. The summed E-state index contributed by atoms with van der Waals surface area (Å²) in [6.45, 7) is 6.51. The molecule has 1 amide bonds. The summed E-state index contributed by atoms with van der Waals surface area (Å²) >= 11 is 1.33. The maximum atomic E-state index is 13.1. The lowest BCUT2D eigenvalue weighted by Gasteiger charge is -2.07. The molecule has 166 valence electrons. The van der Waals surface area contributed by atoms with Gasteiger partial charge in [-0.3, -0.25) is 4.79 Å². The minimum atomic E-state index is -0.160. The van der Waals surface area contributed by atoms with E-state index in [9.17, 15) is 4.79 Å². The molecule has 0 spiro atoms. The minimum absolute atomic E-state index is 0.160. The molecular weight excluding hydrogens is 426 g/mol. The summed E-state index contributed by atoms with van der Waals surface area (Å²) in [7, 11) is 3.15. The van der Waals surface area contributed by atoms with Crippen molar-refractivity contribution in [3.63, 3.8) is 0 Å². The van der Waals surface area contributed by atoms with Crippen molar-refractivity contribution < 1.29 is 14.3 Å². The van der Waals surface area contributed by atoms with E-state index in [0.29, 0.717) is 28.0 Å². The molecule has 3 aromatic heterocycles. The van der Waals surface area contributed by atoms with Crippen LogP contribution < -0.4 is 10.1 Å². The summed E-state index contributed by atoms with van der Waals surface area (Å²) in [6, 6.07) is 9.95. The number of benzene rings is 1. The number of hydrogen-bond donors (Lipinski definition) is 1. The number of methoxy groups -OCH3 is 2. The van der Waals surface area contributed by atoms with Crippen molar-refractivity contribution in [2.75, 3.05) is 14.2 Å². The highest BCUT2D eigenvalue weighted by molar-refractivity contribution is 7.20. The number of amides is 1. The van der Waals surface area contributed by atoms with Crippen molar-refractivity contribution in [2.24, 2.45) is 0 Å². The molecule has 0 unspecified atom stereocenters. The first-order valence-corrected chi connectivity index (χ1v) is 11.0. The molecule has 0 radical (unpaired) electrons. The summed E-state index contributed by atoms with van der Waals surface area (Å²) in [4.78, 5) is 23.3. The SMILES string of the molecule is COCc1nc(OC)c2c(C)c(C(=O)NCc3c(C)nn(-c4ccccc4)c3C)sc2n1. The van der Waals surface area contributed by atoms with Crippen LogP contribution >= 0.6 is 11.3 Å². The van der Waals surface area contributed by atoms with E-state index in [4.69, 9.17) is 9.47 Å². The number of fused-ring (bicyclic) bond motifs is 1. The number of carbonyl (C=O) groups excluding carboxylic acids is 1. The summed E-state index contributed by atoms with van der Waals surface area (Å²) in [5.74, 6) is 0.808. The van der Waals surface area contributed by atoms with Crippen LogP contribution in [-0.2, 0) is 17.9 Å². The van der Waals surface area contributed by atoms with Crippen molar-refractivity contribution >= 4 is 27.5 Å². The highest BCUT2D eigenvalue weighted by Crippen LogP contribution is 2.35. The Hall–Kier alpha value is -3.30. The van der Waals surface area contributed by atoms with E-state index >= 15 is 0 Å². The van der Waals surface area contributed by atoms with Gasteiger partial charge in [-0.05, 0) is 38.5 Å². The Morgan fingerprint density at radius 1 is 1.12 bits per heavy atom. The third kappa shape index (κ3) is 3.96.